The number of amidine groups is 2. The minimum atomic E-state index is -0.413. The first kappa shape index (κ1) is 16.3. The van der Waals surface area contributed by atoms with Crippen molar-refractivity contribution >= 4 is 39.8 Å². The van der Waals surface area contributed by atoms with Crippen molar-refractivity contribution in [3.63, 3.8) is 0 Å². The quantitative estimate of drug-likeness (QED) is 0.817. The van der Waals surface area contributed by atoms with E-state index in [4.69, 9.17) is 9.83 Å². The molecule has 1 fully saturated rings. The number of furan rings is 1. The zero-order chi connectivity index (χ0) is 17.2. The van der Waals surface area contributed by atoms with Crippen LogP contribution in [0.4, 0.5) is 0 Å². The number of fused-ring (bicyclic) bond motifs is 1. The molecular formula is C18H20N4O2S. The summed E-state index contributed by atoms with van der Waals surface area (Å²) in [6, 6.07) is 3.48. The van der Waals surface area contributed by atoms with Crippen LogP contribution in [0.2, 0.25) is 0 Å². The molecule has 1 N–H and O–H groups in total. The molecule has 1 amide bonds. The Morgan fingerprint density at radius 1 is 1.36 bits per heavy atom. The SMILES string of the molecule is N=C1/C(=C/c2ccco2)C(=O)N=C2SC(CCC3CCCCC3)=NN12. The summed E-state index contributed by atoms with van der Waals surface area (Å²) < 4.78 is 5.24. The highest BCUT2D eigenvalue weighted by atomic mass is 32.2. The highest BCUT2D eigenvalue weighted by molar-refractivity contribution is 8.26. The molecule has 7 heteroatoms. The lowest BCUT2D eigenvalue weighted by Gasteiger charge is -2.20. The summed E-state index contributed by atoms with van der Waals surface area (Å²) in [5.41, 5.74) is 0.205. The fourth-order valence-corrected chi connectivity index (χ4v) is 4.35. The van der Waals surface area contributed by atoms with Crippen LogP contribution in [0.1, 0.15) is 50.7 Å². The Bertz CT molecular complexity index is 773. The van der Waals surface area contributed by atoms with Gasteiger partial charge in [-0.05, 0) is 48.7 Å². The number of rotatable bonds is 4. The van der Waals surface area contributed by atoms with Crippen LogP contribution in [-0.2, 0) is 4.79 Å². The fourth-order valence-electron chi connectivity index (χ4n) is 3.45. The third kappa shape index (κ3) is 3.46. The van der Waals surface area contributed by atoms with Crippen molar-refractivity contribution in [1.82, 2.24) is 5.01 Å². The van der Waals surface area contributed by atoms with Gasteiger partial charge >= 0.3 is 0 Å². The van der Waals surface area contributed by atoms with E-state index in [9.17, 15) is 4.79 Å². The smallest absolute Gasteiger partial charge is 0.283 e. The van der Waals surface area contributed by atoms with Gasteiger partial charge in [0.25, 0.3) is 5.91 Å². The average Bonchev–Trinajstić information content (AvgIpc) is 3.27. The number of hydrogen-bond acceptors (Lipinski definition) is 5. The van der Waals surface area contributed by atoms with Crippen molar-refractivity contribution in [2.45, 2.75) is 44.9 Å². The van der Waals surface area contributed by atoms with Crippen LogP contribution in [0.25, 0.3) is 6.08 Å². The van der Waals surface area contributed by atoms with Crippen LogP contribution in [0.15, 0.2) is 38.5 Å². The second kappa shape index (κ2) is 7.00. The zero-order valence-corrected chi connectivity index (χ0v) is 14.7. The lowest BCUT2D eigenvalue weighted by atomic mass is 9.86. The lowest BCUT2D eigenvalue weighted by Crippen LogP contribution is -2.35. The third-order valence-corrected chi connectivity index (χ3v) is 5.79. The maximum absolute atomic E-state index is 12.3. The summed E-state index contributed by atoms with van der Waals surface area (Å²) in [4.78, 5) is 16.4. The highest BCUT2D eigenvalue weighted by Crippen LogP contribution is 2.33. The van der Waals surface area contributed by atoms with E-state index in [0.717, 1.165) is 23.8 Å². The number of nitrogens with zero attached hydrogens (tertiary/aromatic N) is 3. The van der Waals surface area contributed by atoms with Gasteiger partial charge in [0, 0.05) is 0 Å². The number of hydrogen-bond donors (Lipinski definition) is 1. The van der Waals surface area contributed by atoms with E-state index in [1.54, 1.807) is 18.2 Å². The summed E-state index contributed by atoms with van der Waals surface area (Å²) in [6.07, 6.45) is 11.8. The van der Waals surface area contributed by atoms with Crippen LogP contribution in [0.3, 0.4) is 0 Å². The summed E-state index contributed by atoms with van der Waals surface area (Å²) in [5.74, 6) is 0.961. The van der Waals surface area contributed by atoms with Crippen LogP contribution in [-0.4, -0.2) is 27.0 Å². The number of hydrazone groups is 1. The first-order chi connectivity index (χ1) is 12.2. The van der Waals surface area contributed by atoms with Gasteiger partial charge in [0.05, 0.1) is 11.8 Å². The molecular weight excluding hydrogens is 336 g/mol. The molecule has 130 valence electrons. The van der Waals surface area contributed by atoms with Gasteiger partial charge < -0.3 is 4.42 Å². The maximum Gasteiger partial charge on any atom is 0.283 e. The van der Waals surface area contributed by atoms with E-state index in [-0.39, 0.29) is 11.4 Å². The van der Waals surface area contributed by atoms with E-state index in [1.807, 2.05) is 0 Å². The molecule has 4 rings (SSSR count). The summed E-state index contributed by atoms with van der Waals surface area (Å²) in [7, 11) is 0. The van der Waals surface area contributed by atoms with Crippen molar-refractivity contribution in [3.8, 4) is 0 Å². The van der Waals surface area contributed by atoms with Crippen LogP contribution < -0.4 is 0 Å². The molecule has 25 heavy (non-hydrogen) atoms. The predicted molar refractivity (Wildman–Crippen MR) is 99.5 cm³/mol. The van der Waals surface area contributed by atoms with Crippen molar-refractivity contribution in [2.75, 3.05) is 0 Å². The zero-order valence-electron chi connectivity index (χ0n) is 13.9. The van der Waals surface area contributed by atoms with Gasteiger partial charge in [-0.3, -0.25) is 10.2 Å². The van der Waals surface area contributed by atoms with Crippen LogP contribution >= 0.6 is 11.8 Å². The topological polar surface area (TPSA) is 82.0 Å². The molecule has 0 unspecified atom stereocenters. The Kier molecular flexibility index (Phi) is 4.57. The van der Waals surface area contributed by atoms with Crippen molar-refractivity contribution in [3.05, 3.63) is 29.7 Å². The molecule has 0 spiro atoms. The minimum absolute atomic E-state index is 0.0616. The van der Waals surface area contributed by atoms with Gasteiger partial charge in [0.2, 0.25) is 5.17 Å². The molecule has 0 radical (unpaired) electrons. The normalized spacial score (nSPS) is 23.0. The van der Waals surface area contributed by atoms with E-state index in [2.05, 4.69) is 10.1 Å². The second-order valence-corrected chi connectivity index (χ2v) is 7.61. The Labute approximate surface area is 150 Å². The van der Waals surface area contributed by atoms with Gasteiger partial charge in [-0.1, -0.05) is 32.1 Å². The Hall–Kier alpha value is -2.15. The molecule has 3 aliphatic rings. The van der Waals surface area contributed by atoms with Crippen LogP contribution in [0.5, 0.6) is 0 Å². The van der Waals surface area contributed by atoms with Gasteiger partial charge in [-0.15, -0.1) is 0 Å². The monoisotopic (exact) mass is 356 g/mol. The molecule has 3 heterocycles. The van der Waals surface area contributed by atoms with Crippen molar-refractivity contribution in [2.24, 2.45) is 16.0 Å². The maximum atomic E-state index is 12.3. The predicted octanol–water partition coefficient (Wildman–Crippen LogP) is 4.26. The van der Waals surface area contributed by atoms with Crippen LogP contribution in [0, 0.1) is 11.3 Å². The number of thioether (sulfide) groups is 1. The largest absolute Gasteiger partial charge is 0.465 e. The van der Waals surface area contributed by atoms with E-state index >= 15 is 0 Å². The number of carbonyl (C=O) groups is 1. The number of amides is 1. The molecule has 1 saturated carbocycles. The highest BCUT2D eigenvalue weighted by Gasteiger charge is 2.35. The Morgan fingerprint density at radius 3 is 2.96 bits per heavy atom. The number of nitrogens with one attached hydrogen (secondary N) is 1. The van der Waals surface area contributed by atoms with Crippen molar-refractivity contribution in [1.29, 1.82) is 5.41 Å². The molecule has 2 aliphatic heterocycles. The van der Waals surface area contributed by atoms with E-state index in [1.165, 1.54) is 55.1 Å². The number of carbonyl (C=O) groups excluding carboxylic acids is 1. The van der Waals surface area contributed by atoms with E-state index < -0.39 is 5.91 Å². The minimum Gasteiger partial charge on any atom is -0.465 e. The number of aliphatic imine (C=N–C) groups is 1. The second-order valence-electron chi connectivity index (χ2n) is 6.57. The van der Waals surface area contributed by atoms with Gasteiger partial charge in [0.1, 0.15) is 10.8 Å². The first-order valence-corrected chi connectivity index (χ1v) is 9.55. The Morgan fingerprint density at radius 2 is 2.20 bits per heavy atom. The summed E-state index contributed by atoms with van der Waals surface area (Å²) in [6.45, 7) is 0. The fraction of sp³-hybridized carbons (Fsp3) is 0.444. The standard InChI is InChI=1S/C18H20N4O2S/c19-16-14(11-13-7-4-10-24-13)17(23)20-18-22(16)21-15(25-18)9-8-12-5-2-1-3-6-12/h4,7,10-12,19H,1-3,5-6,8-9H2/b14-11-,19-16?. The Balaban J connectivity index is 1.47. The van der Waals surface area contributed by atoms with Gasteiger partial charge in [0.15, 0.2) is 5.84 Å². The van der Waals surface area contributed by atoms with Gasteiger partial charge in [-0.2, -0.15) is 15.1 Å². The third-order valence-electron chi connectivity index (χ3n) is 4.82. The molecule has 1 aromatic heterocycles. The molecule has 0 bridgehead atoms. The lowest BCUT2D eigenvalue weighted by molar-refractivity contribution is -0.114. The summed E-state index contributed by atoms with van der Waals surface area (Å²) in [5, 5.41) is 15.7. The molecule has 6 nitrogen and oxygen atoms in total. The molecule has 1 aromatic rings. The molecule has 0 atom stereocenters. The molecule has 0 saturated heterocycles. The average molecular weight is 356 g/mol. The van der Waals surface area contributed by atoms with E-state index in [0.29, 0.717) is 10.9 Å². The first-order valence-electron chi connectivity index (χ1n) is 8.73. The molecule has 1 aliphatic carbocycles. The summed E-state index contributed by atoms with van der Waals surface area (Å²) >= 11 is 1.41. The molecule has 0 aromatic carbocycles. The van der Waals surface area contributed by atoms with Gasteiger partial charge in [-0.25, -0.2) is 0 Å². The van der Waals surface area contributed by atoms with Crippen molar-refractivity contribution < 1.29 is 9.21 Å².